The van der Waals surface area contributed by atoms with Crippen LogP contribution in [0.25, 0.3) is 0 Å². The molecule has 0 aliphatic carbocycles. The highest BCUT2D eigenvalue weighted by Crippen LogP contribution is 2.34. The number of aryl methyl sites for hydroxylation is 1. The Hall–Kier alpha value is -0.780. The molecule has 0 fully saturated rings. The molecule has 0 amide bonds. The maximum atomic E-state index is 2.36. The quantitative estimate of drug-likeness (QED) is 0.666. The van der Waals surface area contributed by atoms with Crippen LogP contribution in [0.15, 0.2) is 24.3 Å². The molecule has 1 aromatic rings. The molecule has 0 saturated carbocycles. The van der Waals surface area contributed by atoms with Crippen LogP contribution >= 0.6 is 0 Å². The minimum absolute atomic E-state index is 0.327. The Morgan fingerprint density at radius 2 is 1.64 bits per heavy atom. The smallest absolute Gasteiger partial charge is 0.00549 e. The lowest BCUT2D eigenvalue weighted by Gasteiger charge is -2.33. The summed E-state index contributed by atoms with van der Waals surface area (Å²) >= 11 is 0. The third-order valence-electron chi connectivity index (χ3n) is 3.72. The Balaban J connectivity index is 3.06. The molecule has 14 heavy (non-hydrogen) atoms. The van der Waals surface area contributed by atoms with Crippen molar-refractivity contribution in [2.24, 2.45) is 5.92 Å². The summed E-state index contributed by atoms with van der Waals surface area (Å²) in [5.41, 5.74) is 3.14. The summed E-state index contributed by atoms with van der Waals surface area (Å²) in [6, 6.07) is 8.98. The van der Waals surface area contributed by atoms with Gasteiger partial charge in [0.2, 0.25) is 0 Å². The van der Waals surface area contributed by atoms with Crippen molar-refractivity contribution >= 4 is 0 Å². The average Bonchev–Trinajstić information content (AvgIpc) is 2.17. The molecule has 0 bridgehead atoms. The zero-order valence-corrected chi connectivity index (χ0v) is 10.1. The molecule has 0 nitrogen and oxygen atoms in total. The van der Waals surface area contributed by atoms with Gasteiger partial charge in [0.25, 0.3) is 0 Å². The van der Waals surface area contributed by atoms with Gasteiger partial charge in [-0.1, -0.05) is 57.5 Å². The molecule has 1 rings (SSSR count). The monoisotopic (exact) mass is 190 g/mol. The van der Waals surface area contributed by atoms with Crippen LogP contribution < -0.4 is 0 Å². The Labute approximate surface area is 88.4 Å². The van der Waals surface area contributed by atoms with Gasteiger partial charge >= 0.3 is 0 Å². The van der Waals surface area contributed by atoms with Crippen LogP contribution in [-0.2, 0) is 5.41 Å². The van der Waals surface area contributed by atoms with Gasteiger partial charge in [0.15, 0.2) is 0 Å². The van der Waals surface area contributed by atoms with Crippen molar-refractivity contribution in [3.05, 3.63) is 35.4 Å². The second-order valence-electron chi connectivity index (χ2n) is 4.79. The molecule has 0 saturated heterocycles. The second kappa shape index (κ2) is 4.16. The van der Waals surface area contributed by atoms with Gasteiger partial charge in [-0.2, -0.15) is 0 Å². The van der Waals surface area contributed by atoms with Gasteiger partial charge in [-0.3, -0.25) is 0 Å². The van der Waals surface area contributed by atoms with Gasteiger partial charge in [0, 0.05) is 0 Å². The molecule has 1 unspecified atom stereocenters. The first-order valence-corrected chi connectivity index (χ1v) is 5.58. The van der Waals surface area contributed by atoms with E-state index in [2.05, 4.69) is 58.9 Å². The van der Waals surface area contributed by atoms with E-state index in [1.807, 2.05) is 0 Å². The fraction of sp³-hybridized carbons (Fsp3) is 0.571. The lowest BCUT2D eigenvalue weighted by atomic mass is 9.71. The molecule has 0 radical (unpaired) electrons. The maximum absolute atomic E-state index is 2.36. The summed E-state index contributed by atoms with van der Waals surface area (Å²) in [6.45, 7) is 11.4. The summed E-state index contributed by atoms with van der Waals surface area (Å²) < 4.78 is 0. The van der Waals surface area contributed by atoms with E-state index in [0.717, 1.165) is 0 Å². The minimum atomic E-state index is 0.327. The van der Waals surface area contributed by atoms with Crippen molar-refractivity contribution in [3.8, 4) is 0 Å². The van der Waals surface area contributed by atoms with Gasteiger partial charge in [0.05, 0.1) is 0 Å². The summed E-state index contributed by atoms with van der Waals surface area (Å²) in [5, 5.41) is 0. The third kappa shape index (κ3) is 2.00. The average molecular weight is 190 g/mol. The first kappa shape index (κ1) is 11.3. The van der Waals surface area contributed by atoms with Gasteiger partial charge < -0.3 is 0 Å². The molecule has 0 heteroatoms. The van der Waals surface area contributed by atoms with E-state index in [-0.39, 0.29) is 0 Å². The molecule has 0 aromatic heterocycles. The van der Waals surface area contributed by atoms with Gasteiger partial charge in [-0.15, -0.1) is 0 Å². The third-order valence-corrected chi connectivity index (χ3v) is 3.72. The molecule has 78 valence electrons. The van der Waals surface area contributed by atoms with E-state index in [9.17, 15) is 0 Å². The lowest BCUT2D eigenvalue weighted by Crippen LogP contribution is -2.27. The number of benzene rings is 1. The van der Waals surface area contributed by atoms with Crippen LogP contribution in [0.3, 0.4) is 0 Å². The summed E-state index contributed by atoms with van der Waals surface area (Å²) in [6.07, 6.45) is 1.20. The molecule has 0 spiro atoms. The number of rotatable bonds is 3. The molecule has 1 atom stereocenters. The summed E-state index contributed by atoms with van der Waals surface area (Å²) in [5.74, 6) is 0.690. The highest BCUT2D eigenvalue weighted by molar-refractivity contribution is 5.28. The zero-order valence-electron chi connectivity index (χ0n) is 10.1. The van der Waals surface area contributed by atoms with Crippen molar-refractivity contribution < 1.29 is 0 Å². The fourth-order valence-corrected chi connectivity index (χ4v) is 1.88. The largest absolute Gasteiger partial charge is 0.0645 e. The summed E-state index contributed by atoms with van der Waals surface area (Å²) in [7, 11) is 0. The normalized spacial score (nSPS) is 15.6. The molecule has 1 aromatic carbocycles. The SMILES string of the molecule is CCC(C)(c1ccc(C)cc1)C(C)C. The highest BCUT2D eigenvalue weighted by atomic mass is 14.3. The van der Waals surface area contributed by atoms with Crippen LogP contribution in [0.1, 0.15) is 45.2 Å². The van der Waals surface area contributed by atoms with Crippen molar-refractivity contribution in [3.63, 3.8) is 0 Å². The molecule has 0 heterocycles. The van der Waals surface area contributed by atoms with Gasteiger partial charge in [-0.05, 0) is 30.2 Å². The highest BCUT2D eigenvalue weighted by Gasteiger charge is 2.27. The van der Waals surface area contributed by atoms with Crippen molar-refractivity contribution in [1.29, 1.82) is 0 Å². The first-order valence-electron chi connectivity index (χ1n) is 5.58. The molecular weight excluding hydrogens is 168 g/mol. The molecule has 0 aliphatic heterocycles. The van der Waals surface area contributed by atoms with Crippen molar-refractivity contribution in [2.45, 2.75) is 46.5 Å². The number of hydrogen-bond donors (Lipinski definition) is 0. The predicted molar refractivity (Wildman–Crippen MR) is 63.7 cm³/mol. The van der Waals surface area contributed by atoms with E-state index < -0.39 is 0 Å². The van der Waals surface area contributed by atoms with Crippen molar-refractivity contribution in [1.82, 2.24) is 0 Å². The van der Waals surface area contributed by atoms with Crippen LogP contribution in [0.2, 0.25) is 0 Å². The second-order valence-corrected chi connectivity index (χ2v) is 4.79. The topological polar surface area (TPSA) is 0 Å². The van der Waals surface area contributed by atoms with Crippen molar-refractivity contribution in [2.75, 3.05) is 0 Å². The maximum Gasteiger partial charge on any atom is -0.00549 e. The molecular formula is C14H22. The van der Waals surface area contributed by atoms with Gasteiger partial charge in [0.1, 0.15) is 0 Å². The minimum Gasteiger partial charge on any atom is -0.0645 e. The van der Waals surface area contributed by atoms with E-state index in [0.29, 0.717) is 11.3 Å². The first-order chi connectivity index (χ1) is 6.50. The Morgan fingerprint density at radius 1 is 1.14 bits per heavy atom. The van der Waals surface area contributed by atoms with Crippen LogP contribution in [0.5, 0.6) is 0 Å². The zero-order chi connectivity index (χ0) is 10.8. The van der Waals surface area contributed by atoms with Crippen LogP contribution in [-0.4, -0.2) is 0 Å². The van der Waals surface area contributed by atoms with Gasteiger partial charge in [-0.25, -0.2) is 0 Å². The standard InChI is InChI=1S/C14H22/c1-6-14(5,11(2)3)13-9-7-12(4)8-10-13/h7-11H,6H2,1-5H3. The van der Waals surface area contributed by atoms with E-state index in [1.54, 1.807) is 0 Å². The predicted octanol–water partition coefficient (Wildman–Crippen LogP) is 4.32. The van der Waals surface area contributed by atoms with E-state index in [4.69, 9.17) is 0 Å². The van der Waals surface area contributed by atoms with Crippen LogP contribution in [0, 0.1) is 12.8 Å². The Kier molecular flexibility index (Phi) is 3.36. The van der Waals surface area contributed by atoms with E-state index >= 15 is 0 Å². The molecule has 0 aliphatic rings. The van der Waals surface area contributed by atoms with E-state index in [1.165, 1.54) is 17.5 Å². The summed E-state index contributed by atoms with van der Waals surface area (Å²) in [4.78, 5) is 0. The molecule has 0 N–H and O–H groups in total. The lowest BCUT2D eigenvalue weighted by molar-refractivity contribution is 0.326. The Morgan fingerprint density at radius 3 is 2.00 bits per heavy atom. The Bertz CT molecular complexity index is 281. The fourth-order valence-electron chi connectivity index (χ4n) is 1.88. The van der Waals surface area contributed by atoms with Crippen LogP contribution in [0.4, 0.5) is 0 Å². The number of hydrogen-bond acceptors (Lipinski definition) is 0.